The zero-order valence-electron chi connectivity index (χ0n) is 8.35. The molecule has 9 heteroatoms. The molecule has 17 heavy (non-hydrogen) atoms. The average molecular weight is 353 g/mol. The number of alkyl halides is 3. The van der Waals surface area contributed by atoms with Crippen LogP contribution in [-0.4, -0.2) is 19.2 Å². The van der Waals surface area contributed by atoms with Gasteiger partial charge in [-0.15, -0.1) is 0 Å². The van der Waals surface area contributed by atoms with E-state index in [4.69, 9.17) is 11.6 Å². The molecule has 0 saturated carbocycles. The summed E-state index contributed by atoms with van der Waals surface area (Å²) in [7, 11) is -3.67. The second-order valence-electron chi connectivity index (χ2n) is 3.01. The van der Waals surface area contributed by atoms with Crippen LogP contribution in [0.3, 0.4) is 0 Å². The Labute approximate surface area is 109 Å². The van der Waals surface area contributed by atoms with Gasteiger partial charge in [0.15, 0.2) is 15.5 Å². The first-order valence-electron chi connectivity index (χ1n) is 4.25. The van der Waals surface area contributed by atoms with Gasteiger partial charge in [-0.2, -0.15) is 13.2 Å². The van der Waals surface area contributed by atoms with E-state index >= 15 is 0 Å². The fourth-order valence-corrected chi connectivity index (χ4v) is 3.29. The highest BCUT2D eigenvalue weighted by Crippen LogP contribution is 2.36. The molecule has 0 aliphatic rings. The van der Waals surface area contributed by atoms with Gasteiger partial charge in [-0.25, -0.2) is 13.4 Å². The summed E-state index contributed by atoms with van der Waals surface area (Å²) < 4.78 is 59.9. The van der Waals surface area contributed by atoms with Crippen molar-refractivity contribution in [1.29, 1.82) is 0 Å². The van der Waals surface area contributed by atoms with Crippen LogP contribution in [-0.2, 0) is 16.0 Å². The molecule has 0 saturated heterocycles. The van der Waals surface area contributed by atoms with E-state index in [0.29, 0.717) is 0 Å². The molecule has 0 atom stereocenters. The number of sulfone groups is 1. The second-order valence-corrected chi connectivity index (χ2v) is 6.41. The number of nitrogens with zero attached hydrogens (tertiary/aromatic N) is 1. The molecule has 0 amide bonds. The van der Waals surface area contributed by atoms with Crippen LogP contribution in [0.2, 0.25) is 5.02 Å². The molecule has 0 aliphatic heterocycles. The third kappa shape index (κ3) is 3.11. The van der Waals surface area contributed by atoms with Crippen molar-refractivity contribution in [3.63, 3.8) is 0 Å². The number of aromatic nitrogens is 1. The Kier molecular flexibility index (Phi) is 4.10. The van der Waals surface area contributed by atoms with Gasteiger partial charge in [0.25, 0.3) is 0 Å². The maximum absolute atomic E-state index is 12.4. The Balaban J connectivity index is 3.49. The Morgan fingerprint density at radius 2 is 2.00 bits per heavy atom. The van der Waals surface area contributed by atoms with Crippen LogP contribution in [0.5, 0.6) is 0 Å². The predicted octanol–water partition coefficient (Wildman–Crippen LogP) is 3.31. The van der Waals surface area contributed by atoms with E-state index in [1.54, 1.807) is 0 Å². The predicted molar refractivity (Wildman–Crippen MR) is 59.7 cm³/mol. The van der Waals surface area contributed by atoms with E-state index in [1.807, 2.05) is 0 Å². The molecule has 1 heterocycles. The summed E-state index contributed by atoms with van der Waals surface area (Å²) in [6, 6.07) is 0.750. The quantitative estimate of drug-likeness (QED) is 0.767. The highest BCUT2D eigenvalue weighted by atomic mass is 79.9. The zero-order valence-corrected chi connectivity index (χ0v) is 11.5. The van der Waals surface area contributed by atoms with Crippen LogP contribution in [0.25, 0.3) is 0 Å². The highest BCUT2D eigenvalue weighted by Gasteiger charge is 2.36. The molecule has 96 valence electrons. The Bertz CT molecular complexity index is 544. The van der Waals surface area contributed by atoms with Gasteiger partial charge >= 0.3 is 6.18 Å². The molecular formula is C8H6BrClF3NO2S. The summed E-state index contributed by atoms with van der Waals surface area (Å²) in [5.41, 5.74) is -1.32. The molecule has 3 nitrogen and oxygen atoms in total. The number of rotatable bonds is 2. The van der Waals surface area contributed by atoms with Gasteiger partial charge in [0.2, 0.25) is 0 Å². The lowest BCUT2D eigenvalue weighted by Crippen LogP contribution is -2.12. The number of pyridine rings is 1. The normalized spacial score (nSPS) is 12.8. The smallest absolute Gasteiger partial charge is 0.233 e. The van der Waals surface area contributed by atoms with Crippen LogP contribution < -0.4 is 0 Å². The van der Waals surface area contributed by atoms with E-state index in [9.17, 15) is 21.6 Å². The van der Waals surface area contributed by atoms with E-state index in [2.05, 4.69) is 20.9 Å². The molecule has 1 rings (SSSR count). The summed E-state index contributed by atoms with van der Waals surface area (Å²) in [6.45, 7) is 1.37. The molecule has 0 unspecified atom stereocenters. The summed E-state index contributed by atoms with van der Waals surface area (Å²) in [5, 5.41) is -0.743. The first-order chi connectivity index (χ1) is 7.59. The lowest BCUT2D eigenvalue weighted by Gasteiger charge is -2.11. The Morgan fingerprint density at radius 3 is 2.41 bits per heavy atom. The van der Waals surface area contributed by atoms with Crippen molar-refractivity contribution >= 4 is 37.4 Å². The van der Waals surface area contributed by atoms with Crippen molar-refractivity contribution < 1.29 is 21.6 Å². The van der Waals surface area contributed by atoms with Crippen molar-refractivity contribution in [3.05, 3.63) is 21.4 Å². The molecule has 0 N–H and O–H groups in total. The van der Waals surface area contributed by atoms with Crippen LogP contribution >= 0.6 is 27.5 Å². The largest absolute Gasteiger partial charge is 0.434 e. The fourth-order valence-electron chi connectivity index (χ4n) is 1.02. The van der Waals surface area contributed by atoms with Crippen LogP contribution in [0, 0.1) is 0 Å². The molecular weight excluding hydrogens is 347 g/mol. The Hall–Kier alpha value is -0.340. The molecule has 0 aromatic carbocycles. The van der Waals surface area contributed by atoms with Crippen molar-refractivity contribution in [2.75, 3.05) is 5.75 Å². The highest BCUT2D eigenvalue weighted by molar-refractivity contribution is 9.10. The molecule has 1 aromatic rings. The van der Waals surface area contributed by atoms with E-state index < -0.39 is 31.3 Å². The van der Waals surface area contributed by atoms with E-state index in [1.165, 1.54) is 6.92 Å². The van der Waals surface area contributed by atoms with Gasteiger partial charge in [0.05, 0.1) is 10.8 Å². The molecule has 0 radical (unpaired) electrons. The van der Waals surface area contributed by atoms with Gasteiger partial charge in [0.1, 0.15) is 9.50 Å². The second kappa shape index (κ2) is 4.74. The van der Waals surface area contributed by atoms with Crippen LogP contribution in [0.4, 0.5) is 13.2 Å². The minimum atomic E-state index is -4.73. The average Bonchev–Trinajstić information content (AvgIpc) is 2.19. The van der Waals surface area contributed by atoms with E-state index in [0.717, 1.165) is 6.07 Å². The topological polar surface area (TPSA) is 47.0 Å². The van der Waals surface area contributed by atoms with Crippen molar-refractivity contribution in [2.45, 2.75) is 18.0 Å². The van der Waals surface area contributed by atoms with Gasteiger partial charge in [-0.05, 0) is 22.0 Å². The molecule has 1 aromatic heterocycles. The number of hydrogen-bond acceptors (Lipinski definition) is 3. The molecule has 0 spiro atoms. The van der Waals surface area contributed by atoms with Crippen LogP contribution in [0.15, 0.2) is 15.6 Å². The summed E-state index contributed by atoms with van der Waals surface area (Å²) in [5.74, 6) is -0.255. The standard InChI is InChI=1S/C8H6BrClF3NO2S/c1-2-17(15,16)5-3-4(10)6(8(11,12)13)14-7(5)9/h3H,2H2,1H3. The lowest BCUT2D eigenvalue weighted by atomic mass is 10.3. The summed E-state index contributed by atoms with van der Waals surface area (Å²) in [4.78, 5) is 2.79. The zero-order chi connectivity index (χ0) is 13.4. The van der Waals surface area contributed by atoms with Crippen molar-refractivity contribution in [3.8, 4) is 0 Å². The number of hydrogen-bond donors (Lipinski definition) is 0. The summed E-state index contributed by atoms with van der Waals surface area (Å²) >= 11 is 8.08. The van der Waals surface area contributed by atoms with E-state index in [-0.39, 0.29) is 10.6 Å². The minimum Gasteiger partial charge on any atom is -0.233 e. The molecule has 0 bridgehead atoms. The first kappa shape index (κ1) is 14.7. The third-order valence-corrected chi connectivity index (χ3v) is 4.78. The minimum absolute atomic E-state index is 0.255. The molecule has 0 aliphatic carbocycles. The number of halogens is 5. The van der Waals surface area contributed by atoms with Crippen LogP contribution in [0.1, 0.15) is 12.6 Å². The Morgan fingerprint density at radius 1 is 1.47 bits per heavy atom. The van der Waals surface area contributed by atoms with Gasteiger partial charge < -0.3 is 0 Å². The van der Waals surface area contributed by atoms with Crippen molar-refractivity contribution in [2.24, 2.45) is 0 Å². The van der Waals surface area contributed by atoms with Gasteiger partial charge in [0, 0.05) is 0 Å². The maximum Gasteiger partial charge on any atom is 0.434 e. The maximum atomic E-state index is 12.4. The van der Waals surface area contributed by atoms with Gasteiger partial charge in [-0.1, -0.05) is 18.5 Å². The lowest BCUT2D eigenvalue weighted by molar-refractivity contribution is -0.141. The third-order valence-electron chi connectivity index (χ3n) is 1.88. The monoisotopic (exact) mass is 351 g/mol. The molecule has 0 fully saturated rings. The SMILES string of the molecule is CCS(=O)(=O)c1cc(Cl)c(C(F)(F)F)nc1Br. The first-order valence-corrected chi connectivity index (χ1v) is 7.08. The fraction of sp³-hybridized carbons (Fsp3) is 0.375. The van der Waals surface area contributed by atoms with Gasteiger partial charge in [-0.3, -0.25) is 0 Å². The summed E-state index contributed by atoms with van der Waals surface area (Å²) in [6.07, 6.45) is -4.73. The van der Waals surface area contributed by atoms with Crippen molar-refractivity contribution in [1.82, 2.24) is 4.98 Å².